The van der Waals surface area contributed by atoms with E-state index in [2.05, 4.69) is 45.0 Å². The van der Waals surface area contributed by atoms with Gasteiger partial charge >= 0.3 is 5.97 Å². The summed E-state index contributed by atoms with van der Waals surface area (Å²) in [6.45, 7) is 15.4. The minimum absolute atomic E-state index is 0.0184. The molecule has 4 N–H and O–H groups in total. The number of benzene rings is 3. The predicted molar refractivity (Wildman–Crippen MR) is 265 cm³/mol. The molecule has 1 saturated heterocycles. The highest BCUT2D eigenvalue weighted by Crippen LogP contribution is 2.40. The van der Waals surface area contributed by atoms with Gasteiger partial charge in [0.05, 0.1) is 54.0 Å². The summed E-state index contributed by atoms with van der Waals surface area (Å²) in [4.78, 5) is 67.2. The van der Waals surface area contributed by atoms with E-state index in [1.807, 2.05) is 124 Å². The number of thiophene rings is 1. The first-order valence-electron chi connectivity index (χ1n) is 22.6. The Morgan fingerprint density at radius 3 is 2.16 bits per heavy atom. The second-order valence-corrected chi connectivity index (χ2v) is 20.6. The van der Waals surface area contributed by atoms with Gasteiger partial charge in [-0.3, -0.25) is 28.7 Å². The summed E-state index contributed by atoms with van der Waals surface area (Å²) >= 11 is 3.23. The number of aliphatic imine (C=N–C) groups is 1. The summed E-state index contributed by atoms with van der Waals surface area (Å²) in [5, 5.41) is 29.6. The molecule has 2 unspecified atom stereocenters. The second kappa shape index (κ2) is 19.6. The monoisotopic (exact) mass is 955 g/mol. The number of hydrogen-bond donors (Lipinski definition) is 4. The smallest absolute Gasteiger partial charge is 0.308 e. The number of thiazole rings is 1. The third-order valence-corrected chi connectivity index (χ3v) is 14.9. The number of β-amino-alcohol motifs (C(OH)–C–C–N with tert-alkyl or cyclic N) is 1. The van der Waals surface area contributed by atoms with Crippen LogP contribution in [-0.2, 0) is 23.9 Å². The van der Waals surface area contributed by atoms with Gasteiger partial charge in [0.2, 0.25) is 17.7 Å². The van der Waals surface area contributed by atoms with Gasteiger partial charge in [-0.2, -0.15) is 0 Å². The van der Waals surface area contributed by atoms with Gasteiger partial charge in [0.1, 0.15) is 29.0 Å². The highest BCUT2D eigenvalue weighted by molar-refractivity contribution is 7.15. The Labute approximate surface area is 404 Å². The van der Waals surface area contributed by atoms with E-state index in [-0.39, 0.29) is 43.8 Å². The number of nitrogens with one attached hydrogen (secondary N) is 3. The van der Waals surface area contributed by atoms with Crippen LogP contribution in [0.3, 0.4) is 0 Å². The Balaban J connectivity index is 0.905. The maximum atomic E-state index is 14.2. The Kier molecular flexibility index (Phi) is 13.8. The van der Waals surface area contributed by atoms with E-state index in [9.17, 15) is 24.3 Å². The van der Waals surface area contributed by atoms with Crippen molar-refractivity contribution in [3.05, 3.63) is 123 Å². The molecule has 15 nitrogen and oxygen atoms in total. The van der Waals surface area contributed by atoms with Crippen molar-refractivity contribution in [2.24, 2.45) is 10.4 Å². The van der Waals surface area contributed by atoms with Crippen molar-refractivity contribution in [3.63, 3.8) is 0 Å². The van der Waals surface area contributed by atoms with Crippen LogP contribution in [0.4, 0.5) is 5.69 Å². The van der Waals surface area contributed by atoms with Crippen LogP contribution < -0.4 is 16.0 Å². The number of amides is 3. The standard InChI is InChI=1S/C51H57N9O6S2/c1-27-30(4)68-50-43(27)44(55-39(23-42(63)66-9)47-58-57-31(5)60(47)50)35-14-12-33(13-15-35)34-18-20-37(21-19-34)52-24-41(62)56-46(51(6,7)8)49(65)59-25-38(61)22-40(59)48(64)54-28(2)32-10-16-36(17-11-32)45-29(3)53-26-67-45/h10-21,26,28,38-40,46,52,61H,22-25H2,1-9H3,(H,54,64)(H,56,62)/t28?,38-,39+,40+,46?/m1/s1. The number of carbonyl (C=O) groups excluding carboxylic acids is 4. The number of carbonyl (C=O) groups is 4. The number of rotatable bonds is 13. The molecule has 5 atom stereocenters. The molecule has 3 aromatic heterocycles. The van der Waals surface area contributed by atoms with Crippen molar-refractivity contribution in [1.29, 1.82) is 0 Å². The van der Waals surface area contributed by atoms with Crippen molar-refractivity contribution in [1.82, 2.24) is 35.3 Å². The van der Waals surface area contributed by atoms with E-state index in [1.165, 1.54) is 12.0 Å². The number of methoxy groups -OCH3 is 1. The van der Waals surface area contributed by atoms with Gasteiger partial charge in [-0.05, 0) is 80.0 Å². The molecule has 2 aliphatic rings. The Hall–Kier alpha value is -6.56. The number of esters is 1. The lowest BCUT2D eigenvalue weighted by Gasteiger charge is -2.35. The number of aliphatic hydroxyl groups is 1. The fraction of sp³-hybridized carbons (Fsp3) is 0.373. The third kappa shape index (κ3) is 9.87. The van der Waals surface area contributed by atoms with Gasteiger partial charge in [-0.15, -0.1) is 32.9 Å². The molecule has 8 rings (SSSR count). The van der Waals surface area contributed by atoms with Gasteiger partial charge in [-0.1, -0.05) is 81.4 Å². The minimum Gasteiger partial charge on any atom is -0.469 e. The molecule has 68 heavy (non-hydrogen) atoms. The molecule has 3 amide bonds. The average molecular weight is 956 g/mol. The SMILES string of the molecule is COC(=O)C[C@@H]1N=C(c2ccc(-c3ccc(NCC(=O)NC(C(=O)N4C[C@H](O)C[C@H]4C(=O)NC(C)c4ccc(-c5scnc5C)cc4)C(C)(C)C)cc3)cc2)c2c(sc(C)c2C)-n2c(C)nnc21. The van der Waals surface area contributed by atoms with Crippen LogP contribution in [0.5, 0.6) is 0 Å². The first kappa shape index (κ1) is 47.9. The fourth-order valence-corrected chi connectivity index (χ4v) is 10.8. The van der Waals surface area contributed by atoms with Crippen LogP contribution in [0.1, 0.15) is 97.1 Å². The van der Waals surface area contributed by atoms with Crippen LogP contribution in [0.2, 0.25) is 0 Å². The number of ether oxygens (including phenoxy) is 1. The van der Waals surface area contributed by atoms with Gasteiger partial charge in [0.15, 0.2) is 5.82 Å². The van der Waals surface area contributed by atoms with Crippen molar-refractivity contribution in [2.75, 3.05) is 25.5 Å². The molecule has 5 heterocycles. The number of aromatic nitrogens is 4. The van der Waals surface area contributed by atoms with E-state index in [0.29, 0.717) is 17.3 Å². The molecular formula is C51H57N9O6S2. The quantitative estimate of drug-likeness (QED) is 0.0839. The second-order valence-electron chi connectivity index (χ2n) is 18.6. The van der Waals surface area contributed by atoms with E-state index in [0.717, 1.165) is 65.1 Å². The first-order chi connectivity index (χ1) is 32.4. The zero-order valence-electron chi connectivity index (χ0n) is 39.7. The van der Waals surface area contributed by atoms with Crippen LogP contribution in [0, 0.1) is 33.1 Å². The van der Waals surface area contributed by atoms with Crippen LogP contribution >= 0.6 is 22.7 Å². The topological polar surface area (TPSA) is 193 Å². The molecular weight excluding hydrogens is 899 g/mol. The summed E-state index contributed by atoms with van der Waals surface area (Å²) in [5.74, 6) is -0.261. The van der Waals surface area contributed by atoms with Gasteiger partial charge in [0.25, 0.3) is 0 Å². The van der Waals surface area contributed by atoms with E-state index < -0.39 is 41.5 Å². The average Bonchev–Trinajstić information content (AvgIpc) is 4.09. The Morgan fingerprint density at radius 2 is 1.53 bits per heavy atom. The molecule has 0 spiro atoms. The maximum Gasteiger partial charge on any atom is 0.308 e. The first-order valence-corrected chi connectivity index (χ1v) is 24.3. The number of aryl methyl sites for hydroxylation is 3. The molecule has 2 aliphatic heterocycles. The van der Waals surface area contributed by atoms with Gasteiger partial charge in [0, 0.05) is 34.7 Å². The van der Waals surface area contributed by atoms with E-state index in [1.54, 1.807) is 22.7 Å². The number of anilines is 1. The highest BCUT2D eigenvalue weighted by Gasteiger charge is 2.45. The van der Waals surface area contributed by atoms with Crippen LogP contribution in [0.15, 0.2) is 83.3 Å². The number of fused-ring (bicyclic) bond motifs is 3. The zero-order chi connectivity index (χ0) is 48.6. The third-order valence-electron chi connectivity index (χ3n) is 12.7. The molecule has 0 aliphatic carbocycles. The van der Waals surface area contributed by atoms with Crippen molar-refractivity contribution in [2.45, 2.75) is 98.5 Å². The lowest BCUT2D eigenvalue weighted by atomic mass is 9.85. The molecule has 1 fully saturated rings. The normalized spacial score (nSPS) is 17.6. The summed E-state index contributed by atoms with van der Waals surface area (Å²) < 4.78 is 7.04. The van der Waals surface area contributed by atoms with Crippen molar-refractivity contribution < 1.29 is 29.0 Å². The number of aliphatic hydroxyl groups excluding tert-OH is 1. The maximum absolute atomic E-state index is 14.2. The Bertz CT molecular complexity index is 2880. The van der Waals surface area contributed by atoms with Crippen LogP contribution in [0.25, 0.3) is 26.6 Å². The van der Waals surface area contributed by atoms with E-state index in [4.69, 9.17) is 9.73 Å². The summed E-state index contributed by atoms with van der Waals surface area (Å²) in [6, 6.07) is 21.0. The highest BCUT2D eigenvalue weighted by atomic mass is 32.1. The van der Waals surface area contributed by atoms with E-state index >= 15 is 0 Å². The predicted octanol–water partition coefficient (Wildman–Crippen LogP) is 7.59. The molecule has 0 radical (unpaired) electrons. The number of nitrogens with zero attached hydrogens (tertiary/aromatic N) is 6. The van der Waals surface area contributed by atoms with Crippen molar-refractivity contribution >= 4 is 57.8 Å². The Morgan fingerprint density at radius 1 is 0.882 bits per heavy atom. The molecule has 354 valence electrons. The summed E-state index contributed by atoms with van der Waals surface area (Å²) in [7, 11) is 1.37. The fourth-order valence-electron chi connectivity index (χ4n) is 8.78. The number of likely N-dealkylation sites (tertiary alicyclic amines) is 1. The van der Waals surface area contributed by atoms with Crippen LogP contribution in [-0.4, -0.2) is 97.5 Å². The molecule has 0 saturated carbocycles. The molecule has 6 aromatic rings. The zero-order valence-corrected chi connectivity index (χ0v) is 41.3. The lowest BCUT2D eigenvalue weighted by Crippen LogP contribution is -2.58. The minimum atomic E-state index is -0.964. The summed E-state index contributed by atoms with van der Waals surface area (Å²) in [6.07, 6.45) is -0.766. The number of hydrogen-bond acceptors (Lipinski definition) is 13. The molecule has 0 bridgehead atoms. The lowest BCUT2D eigenvalue weighted by molar-refractivity contribution is -0.144. The molecule has 17 heteroatoms. The van der Waals surface area contributed by atoms with Gasteiger partial charge in [-0.25, -0.2) is 4.98 Å². The van der Waals surface area contributed by atoms with Crippen molar-refractivity contribution in [3.8, 4) is 26.6 Å². The van der Waals surface area contributed by atoms with Gasteiger partial charge < -0.3 is 30.7 Å². The largest absolute Gasteiger partial charge is 0.469 e. The summed E-state index contributed by atoms with van der Waals surface area (Å²) in [5.41, 5.74) is 10.4. The molecule has 3 aromatic carbocycles.